The van der Waals surface area contributed by atoms with Gasteiger partial charge in [-0.1, -0.05) is 58.5 Å². The van der Waals surface area contributed by atoms with Gasteiger partial charge in [-0.05, 0) is 24.3 Å². The Morgan fingerprint density at radius 2 is 1.66 bits per heavy atom. The van der Waals surface area contributed by atoms with Crippen molar-refractivity contribution < 1.29 is 27.0 Å². The third-order valence-electron chi connectivity index (χ3n) is 3.32. The molecule has 2 atom stereocenters. The summed E-state index contributed by atoms with van der Waals surface area (Å²) in [7, 11) is -3.26. The Balaban J connectivity index is 2.19. The van der Waals surface area contributed by atoms with E-state index in [-0.39, 0.29) is 21.3 Å². The van der Waals surface area contributed by atoms with Gasteiger partial charge in [-0.3, -0.25) is 10.1 Å². The molecule has 0 bridgehead atoms. The minimum atomic E-state index is -4.43. The molecule has 3 amide bonds. The molecule has 0 saturated heterocycles. The highest BCUT2D eigenvalue weighted by molar-refractivity contribution is 7.86. The molecule has 2 N–H and O–H groups in total. The number of carbonyl (C=O) groups is 2. The summed E-state index contributed by atoms with van der Waals surface area (Å²) in [4.78, 5) is 23.4. The second-order valence-electron chi connectivity index (χ2n) is 5.28. The highest BCUT2D eigenvalue weighted by Crippen LogP contribution is 2.38. The molecular formula is C16H9Cl4F3N2O3S. The van der Waals surface area contributed by atoms with Crippen LogP contribution in [0.1, 0.15) is 10.4 Å². The van der Waals surface area contributed by atoms with Crippen LogP contribution in [0.3, 0.4) is 0 Å². The Morgan fingerprint density at radius 1 is 1.03 bits per heavy atom. The minimum absolute atomic E-state index is 0.0308. The number of nitrogens with one attached hydrogen (secondary N) is 2. The van der Waals surface area contributed by atoms with E-state index in [2.05, 4.69) is 5.32 Å². The van der Waals surface area contributed by atoms with E-state index in [1.165, 1.54) is 18.2 Å². The van der Waals surface area contributed by atoms with Crippen LogP contribution in [0.4, 0.5) is 23.7 Å². The van der Waals surface area contributed by atoms with E-state index in [0.717, 1.165) is 12.1 Å². The van der Waals surface area contributed by atoms with Crippen molar-refractivity contribution in [2.24, 2.45) is 0 Å². The smallest absolute Gasteiger partial charge is 0.306 e. The van der Waals surface area contributed by atoms with Gasteiger partial charge in [-0.2, -0.15) is 8.78 Å². The molecule has 29 heavy (non-hydrogen) atoms. The monoisotopic (exact) mass is 506 g/mol. The fourth-order valence-electron chi connectivity index (χ4n) is 1.96. The summed E-state index contributed by atoms with van der Waals surface area (Å²) in [6.07, 6.45) is 0. The van der Waals surface area contributed by atoms with E-state index in [0.29, 0.717) is 0 Å². The molecule has 2 rings (SSSR count). The van der Waals surface area contributed by atoms with Crippen molar-refractivity contribution in [1.29, 1.82) is 0 Å². The van der Waals surface area contributed by atoms with Crippen molar-refractivity contribution in [3.8, 4) is 0 Å². The average molecular weight is 508 g/mol. The Labute approximate surface area is 184 Å². The van der Waals surface area contributed by atoms with Gasteiger partial charge in [-0.25, -0.2) is 13.4 Å². The van der Waals surface area contributed by atoms with Crippen molar-refractivity contribution in [1.82, 2.24) is 5.32 Å². The first-order valence-electron chi connectivity index (χ1n) is 7.39. The SMILES string of the molecule is O=C(NC(=O)c1ccccc1Cl)Nc1cc(Cl)c(S(=O)C(F)(F)C(F)Cl)cc1Cl. The van der Waals surface area contributed by atoms with Gasteiger partial charge in [0.25, 0.3) is 5.91 Å². The highest BCUT2D eigenvalue weighted by Gasteiger charge is 2.47. The molecule has 0 aliphatic heterocycles. The Bertz CT molecular complexity index is 992. The molecule has 0 aromatic heterocycles. The number of anilines is 1. The van der Waals surface area contributed by atoms with E-state index < -0.39 is 43.5 Å². The molecule has 156 valence electrons. The number of carbonyl (C=O) groups excluding carboxylic acids is 2. The molecule has 0 spiro atoms. The van der Waals surface area contributed by atoms with E-state index in [1.54, 1.807) is 6.07 Å². The van der Waals surface area contributed by atoms with Crippen LogP contribution >= 0.6 is 46.4 Å². The van der Waals surface area contributed by atoms with Gasteiger partial charge >= 0.3 is 11.3 Å². The van der Waals surface area contributed by atoms with E-state index in [1.807, 2.05) is 5.32 Å². The Hall–Kier alpha value is -1.52. The second kappa shape index (κ2) is 9.53. The zero-order chi connectivity index (χ0) is 21.9. The van der Waals surface area contributed by atoms with Gasteiger partial charge in [0, 0.05) is 0 Å². The Kier molecular flexibility index (Phi) is 7.80. The van der Waals surface area contributed by atoms with Gasteiger partial charge in [0.15, 0.2) is 0 Å². The summed E-state index contributed by atoms with van der Waals surface area (Å²) < 4.78 is 51.8. The number of rotatable bonds is 5. The quantitative estimate of drug-likeness (QED) is 0.499. The fourth-order valence-corrected chi connectivity index (χ4v) is 3.99. The molecule has 2 unspecified atom stereocenters. The molecule has 0 radical (unpaired) electrons. The predicted octanol–water partition coefficient (Wildman–Crippen LogP) is 5.84. The van der Waals surface area contributed by atoms with Crippen LogP contribution in [-0.2, 0) is 10.8 Å². The van der Waals surface area contributed by atoms with Crippen LogP contribution in [0.2, 0.25) is 15.1 Å². The minimum Gasteiger partial charge on any atom is -0.306 e. The number of benzene rings is 2. The summed E-state index contributed by atoms with van der Waals surface area (Å²) in [6.45, 7) is 0. The van der Waals surface area contributed by atoms with Crippen LogP contribution in [0.5, 0.6) is 0 Å². The molecule has 0 fully saturated rings. The molecule has 0 aliphatic carbocycles. The fraction of sp³-hybridized carbons (Fsp3) is 0.125. The van der Waals surface area contributed by atoms with Crippen LogP contribution in [-0.4, -0.2) is 27.0 Å². The van der Waals surface area contributed by atoms with E-state index in [9.17, 15) is 27.0 Å². The zero-order valence-electron chi connectivity index (χ0n) is 13.8. The van der Waals surface area contributed by atoms with Crippen LogP contribution in [0.15, 0.2) is 41.3 Å². The average Bonchev–Trinajstić information content (AvgIpc) is 2.63. The topological polar surface area (TPSA) is 75.3 Å². The number of alkyl halides is 4. The van der Waals surface area contributed by atoms with Gasteiger partial charge in [0.2, 0.25) is 5.63 Å². The van der Waals surface area contributed by atoms with Crippen LogP contribution in [0.25, 0.3) is 0 Å². The first-order valence-corrected chi connectivity index (χ1v) is 10.1. The standard InChI is InChI=1S/C16H9Cl4F3N2O3S/c17-8-4-2-1-3-7(8)13(26)25-15(27)24-11-5-10(19)12(6-9(11)18)29(28)16(22,23)14(20)21/h1-6,14H,(H2,24,25,26,27). The van der Waals surface area contributed by atoms with Crippen molar-refractivity contribution >= 4 is 74.8 Å². The maximum absolute atomic E-state index is 13.5. The van der Waals surface area contributed by atoms with E-state index >= 15 is 0 Å². The number of hydrogen-bond acceptors (Lipinski definition) is 3. The third kappa shape index (κ3) is 5.55. The van der Waals surface area contributed by atoms with Gasteiger partial charge in [0.1, 0.15) is 10.8 Å². The lowest BCUT2D eigenvalue weighted by atomic mass is 10.2. The Morgan fingerprint density at radius 3 is 2.24 bits per heavy atom. The maximum atomic E-state index is 13.5. The van der Waals surface area contributed by atoms with Crippen LogP contribution < -0.4 is 10.6 Å². The number of imide groups is 1. The lowest BCUT2D eigenvalue weighted by Gasteiger charge is -2.17. The summed E-state index contributed by atoms with van der Waals surface area (Å²) in [5.41, 5.74) is -3.38. The van der Waals surface area contributed by atoms with Crippen molar-refractivity contribution in [2.45, 2.75) is 15.8 Å². The largest absolute Gasteiger partial charge is 0.369 e. The summed E-state index contributed by atoms with van der Waals surface area (Å²) in [5.74, 6) is -0.816. The molecule has 0 heterocycles. The summed E-state index contributed by atoms with van der Waals surface area (Å²) in [5, 5.41) is -1.00. The molecule has 0 aliphatic rings. The van der Waals surface area contributed by atoms with Crippen molar-refractivity contribution in [2.75, 3.05) is 5.32 Å². The lowest BCUT2D eigenvalue weighted by Crippen LogP contribution is -2.34. The molecule has 2 aromatic rings. The molecule has 2 aromatic carbocycles. The number of amides is 3. The third-order valence-corrected chi connectivity index (χ3v) is 6.23. The number of hydrogen-bond donors (Lipinski definition) is 2. The predicted molar refractivity (Wildman–Crippen MR) is 107 cm³/mol. The van der Waals surface area contributed by atoms with Crippen molar-refractivity contribution in [3.05, 3.63) is 57.0 Å². The van der Waals surface area contributed by atoms with Crippen LogP contribution in [0, 0.1) is 0 Å². The second-order valence-corrected chi connectivity index (χ2v) is 8.41. The molecule has 13 heteroatoms. The van der Waals surface area contributed by atoms with E-state index in [4.69, 9.17) is 46.4 Å². The van der Waals surface area contributed by atoms with Gasteiger partial charge in [0.05, 0.1) is 31.2 Å². The first kappa shape index (κ1) is 23.8. The zero-order valence-corrected chi connectivity index (χ0v) is 17.7. The molecular weight excluding hydrogens is 499 g/mol. The number of urea groups is 1. The first-order chi connectivity index (χ1) is 13.4. The molecule has 5 nitrogen and oxygen atoms in total. The normalized spacial score (nSPS) is 13.5. The molecule has 0 saturated carbocycles. The van der Waals surface area contributed by atoms with Gasteiger partial charge < -0.3 is 5.32 Å². The highest BCUT2D eigenvalue weighted by atomic mass is 35.5. The number of halogens is 7. The lowest BCUT2D eigenvalue weighted by molar-refractivity contribution is 0.0479. The summed E-state index contributed by atoms with van der Waals surface area (Å²) in [6, 6.07) is 6.60. The maximum Gasteiger partial charge on any atom is 0.369 e. The van der Waals surface area contributed by atoms with Crippen molar-refractivity contribution in [3.63, 3.8) is 0 Å². The van der Waals surface area contributed by atoms with Gasteiger partial charge in [-0.15, -0.1) is 0 Å². The summed E-state index contributed by atoms with van der Waals surface area (Å²) >= 11 is 22.3.